The number of halogens is 1. The lowest BCUT2D eigenvalue weighted by Gasteiger charge is -2.10. The molecule has 0 aliphatic carbocycles. The maximum Gasteiger partial charge on any atom is 0.191 e. The van der Waals surface area contributed by atoms with Crippen LogP contribution in [0.2, 0.25) is 0 Å². The summed E-state index contributed by atoms with van der Waals surface area (Å²) in [6.45, 7) is 4.45. The molecule has 2 N–H and O–H groups in total. The van der Waals surface area contributed by atoms with Crippen molar-refractivity contribution in [2.75, 3.05) is 31.6 Å². The molecule has 0 saturated heterocycles. The van der Waals surface area contributed by atoms with E-state index in [2.05, 4.69) is 33.9 Å². The Morgan fingerprint density at radius 2 is 2.04 bits per heavy atom. The summed E-state index contributed by atoms with van der Waals surface area (Å²) in [5.41, 5.74) is 1.83. The number of hydrogen-bond acceptors (Lipinski definition) is 3. The van der Waals surface area contributed by atoms with Crippen molar-refractivity contribution in [2.24, 2.45) is 4.99 Å². The Morgan fingerprint density at radius 1 is 1.25 bits per heavy atom. The quantitative estimate of drug-likeness (QED) is 0.437. The summed E-state index contributed by atoms with van der Waals surface area (Å²) in [7, 11) is 0. The molecular formula is C17H24FN5S. The van der Waals surface area contributed by atoms with E-state index in [1.807, 2.05) is 12.3 Å². The second kappa shape index (κ2) is 9.97. The molecule has 0 radical (unpaired) electrons. The van der Waals surface area contributed by atoms with Gasteiger partial charge >= 0.3 is 0 Å². The molecule has 1 aromatic carbocycles. The monoisotopic (exact) mass is 349 g/mol. The van der Waals surface area contributed by atoms with E-state index >= 15 is 0 Å². The summed E-state index contributed by atoms with van der Waals surface area (Å²) in [4.78, 5) is 4.51. The molecule has 24 heavy (non-hydrogen) atoms. The van der Waals surface area contributed by atoms with Crippen LogP contribution in [0.4, 0.5) is 4.39 Å². The Bertz CT molecular complexity index is 639. The standard InChI is InChI=1S/C17H24FN5S/c1-3-19-17(21-11-13-24-2)20-10-8-15-9-12-23(22-15)16-6-4-14(18)5-7-16/h4-7,9,12H,3,8,10-11,13H2,1-2H3,(H2,19,20,21). The van der Waals surface area contributed by atoms with Gasteiger partial charge in [0.15, 0.2) is 5.96 Å². The van der Waals surface area contributed by atoms with Crippen molar-refractivity contribution >= 4 is 17.7 Å². The summed E-state index contributed by atoms with van der Waals surface area (Å²) < 4.78 is 14.7. The number of nitrogens with one attached hydrogen (secondary N) is 2. The molecular weight excluding hydrogens is 325 g/mol. The van der Waals surface area contributed by atoms with Crippen molar-refractivity contribution in [3.8, 4) is 5.69 Å². The first kappa shape index (κ1) is 18.3. The third kappa shape index (κ3) is 5.88. The number of rotatable bonds is 8. The van der Waals surface area contributed by atoms with Gasteiger partial charge in [-0.3, -0.25) is 4.99 Å². The van der Waals surface area contributed by atoms with Crippen molar-refractivity contribution in [1.82, 2.24) is 20.4 Å². The molecule has 0 bridgehead atoms. The first-order valence-corrected chi connectivity index (χ1v) is 9.44. The predicted octanol–water partition coefficient (Wildman–Crippen LogP) is 2.47. The summed E-state index contributed by atoms with van der Waals surface area (Å²) >= 11 is 1.79. The number of thioether (sulfide) groups is 1. The third-order valence-electron chi connectivity index (χ3n) is 3.32. The van der Waals surface area contributed by atoms with Crippen LogP contribution in [0.15, 0.2) is 41.5 Å². The normalized spacial score (nSPS) is 11.5. The number of benzene rings is 1. The Hall–Kier alpha value is -2.02. The lowest BCUT2D eigenvalue weighted by Crippen LogP contribution is -2.38. The van der Waals surface area contributed by atoms with Gasteiger partial charge in [0.1, 0.15) is 5.82 Å². The van der Waals surface area contributed by atoms with E-state index in [1.165, 1.54) is 12.1 Å². The Labute approximate surface area is 146 Å². The van der Waals surface area contributed by atoms with E-state index in [1.54, 1.807) is 28.6 Å². The van der Waals surface area contributed by atoms with Gasteiger partial charge in [-0.25, -0.2) is 9.07 Å². The number of aromatic nitrogens is 2. The van der Waals surface area contributed by atoms with Gasteiger partial charge in [0.2, 0.25) is 0 Å². The van der Waals surface area contributed by atoms with E-state index in [0.717, 1.165) is 49.1 Å². The molecule has 7 heteroatoms. The predicted molar refractivity (Wildman–Crippen MR) is 99.6 cm³/mol. The van der Waals surface area contributed by atoms with Gasteiger partial charge in [-0.05, 0) is 43.5 Å². The highest BCUT2D eigenvalue weighted by Gasteiger charge is 2.03. The van der Waals surface area contributed by atoms with Crippen molar-refractivity contribution < 1.29 is 4.39 Å². The van der Waals surface area contributed by atoms with Gasteiger partial charge in [0.25, 0.3) is 0 Å². The average molecular weight is 349 g/mol. The summed E-state index contributed by atoms with van der Waals surface area (Å²) in [6, 6.07) is 8.28. The molecule has 0 fully saturated rings. The molecule has 0 aliphatic rings. The fraction of sp³-hybridized carbons (Fsp3) is 0.412. The van der Waals surface area contributed by atoms with Crippen LogP contribution in [0.3, 0.4) is 0 Å². The number of guanidine groups is 1. The van der Waals surface area contributed by atoms with Crippen molar-refractivity contribution in [3.05, 3.63) is 48.0 Å². The van der Waals surface area contributed by atoms with Crippen molar-refractivity contribution in [3.63, 3.8) is 0 Å². The van der Waals surface area contributed by atoms with E-state index < -0.39 is 0 Å². The molecule has 5 nitrogen and oxygen atoms in total. The van der Waals surface area contributed by atoms with E-state index in [-0.39, 0.29) is 5.82 Å². The van der Waals surface area contributed by atoms with Crippen LogP contribution in [0.5, 0.6) is 0 Å². The van der Waals surface area contributed by atoms with Crippen molar-refractivity contribution in [1.29, 1.82) is 0 Å². The van der Waals surface area contributed by atoms with E-state index in [9.17, 15) is 4.39 Å². The maximum atomic E-state index is 13.0. The lowest BCUT2D eigenvalue weighted by molar-refractivity contribution is 0.627. The summed E-state index contributed by atoms with van der Waals surface area (Å²) in [5, 5.41) is 11.1. The molecule has 0 spiro atoms. The maximum absolute atomic E-state index is 13.0. The first-order chi connectivity index (χ1) is 11.7. The first-order valence-electron chi connectivity index (χ1n) is 8.04. The zero-order valence-electron chi connectivity index (χ0n) is 14.1. The van der Waals surface area contributed by atoms with Gasteiger partial charge in [-0.1, -0.05) is 0 Å². The van der Waals surface area contributed by atoms with Gasteiger partial charge in [0, 0.05) is 31.5 Å². The average Bonchev–Trinajstić information content (AvgIpc) is 3.04. The number of nitrogens with zero attached hydrogens (tertiary/aromatic N) is 3. The van der Waals surface area contributed by atoms with Gasteiger partial charge in [0.05, 0.1) is 17.9 Å². The molecule has 0 atom stereocenters. The third-order valence-corrected chi connectivity index (χ3v) is 3.91. The molecule has 0 saturated carbocycles. The van der Waals surface area contributed by atoms with Crippen molar-refractivity contribution in [2.45, 2.75) is 13.3 Å². The SMILES string of the molecule is CCNC(=NCCSC)NCCc1ccn(-c2ccc(F)cc2)n1. The van der Waals surface area contributed by atoms with Crippen LogP contribution >= 0.6 is 11.8 Å². The molecule has 0 aliphatic heterocycles. The van der Waals surface area contributed by atoms with Gasteiger partial charge in [-0.2, -0.15) is 16.9 Å². The molecule has 2 rings (SSSR count). The van der Waals surface area contributed by atoms with Crippen LogP contribution in [0, 0.1) is 5.82 Å². The van der Waals surface area contributed by atoms with E-state index in [4.69, 9.17) is 0 Å². The largest absolute Gasteiger partial charge is 0.357 e. The number of hydrogen-bond donors (Lipinski definition) is 2. The minimum absolute atomic E-state index is 0.243. The summed E-state index contributed by atoms with van der Waals surface area (Å²) in [5.74, 6) is 1.61. The van der Waals surface area contributed by atoms with Crippen LogP contribution in [0.25, 0.3) is 5.69 Å². The Kier molecular flexibility index (Phi) is 7.61. The number of aliphatic imine (C=N–C) groups is 1. The molecule has 130 valence electrons. The highest BCUT2D eigenvalue weighted by atomic mass is 32.2. The lowest BCUT2D eigenvalue weighted by atomic mass is 10.3. The van der Waals surface area contributed by atoms with Gasteiger partial charge < -0.3 is 10.6 Å². The smallest absolute Gasteiger partial charge is 0.191 e. The fourth-order valence-corrected chi connectivity index (χ4v) is 2.41. The zero-order valence-corrected chi connectivity index (χ0v) is 14.9. The zero-order chi connectivity index (χ0) is 17.2. The summed E-state index contributed by atoms with van der Waals surface area (Å²) in [6.07, 6.45) is 4.76. The molecule has 1 heterocycles. The van der Waals surface area contributed by atoms with Crippen LogP contribution in [0.1, 0.15) is 12.6 Å². The second-order valence-electron chi connectivity index (χ2n) is 5.16. The molecule has 0 unspecified atom stereocenters. The van der Waals surface area contributed by atoms with Crippen LogP contribution < -0.4 is 10.6 Å². The van der Waals surface area contributed by atoms with Crippen LogP contribution in [-0.2, 0) is 6.42 Å². The fourth-order valence-electron chi connectivity index (χ4n) is 2.13. The Morgan fingerprint density at radius 3 is 2.75 bits per heavy atom. The van der Waals surface area contributed by atoms with Crippen LogP contribution in [-0.4, -0.2) is 47.4 Å². The molecule has 1 aromatic heterocycles. The minimum atomic E-state index is -0.243. The topological polar surface area (TPSA) is 54.2 Å². The highest BCUT2D eigenvalue weighted by molar-refractivity contribution is 7.98. The highest BCUT2D eigenvalue weighted by Crippen LogP contribution is 2.09. The molecule has 2 aromatic rings. The Balaban J connectivity index is 1.85. The molecule has 0 amide bonds. The van der Waals surface area contributed by atoms with Gasteiger partial charge in [-0.15, -0.1) is 0 Å². The second-order valence-corrected chi connectivity index (χ2v) is 6.14. The van der Waals surface area contributed by atoms with E-state index in [0.29, 0.717) is 0 Å². The minimum Gasteiger partial charge on any atom is -0.357 e.